The van der Waals surface area contributed by atoms with Gasteiger partial charge in [0.15, 0.2) is 5.69 Å². The number of ether oxygens (including phenoxy) is 1. The van der Waals surface area contributed by atoms with Gasteiger partial charge in [-0.15, -0.1) is 0 Å². The lowest BCUT2D eigenvalue weighted by atomic mass is 10.1. The van der Waals surface area contributed by atoms with Gasteiger partial charge in [-0.25, -0.2) is 4.98 Å². The van der Waals surface area contributed by atoms with E-state index >= 15 is 0 Å². The van der Waals surface area contributed by atoms with E-state index in [0.717, 1.165) is 38.2 Å². The standard InChI is InChI=1S/C21H29N3O3/c1-16(2)24(13-17-7-9-18(26-3)10-8-17)14-20-22-19(15-27-20)21(25)23-11-5-4-6-12-23/h7-10,15-16H,4-6,11-14H2,1-3H3. The summed E-state index contributed by atoms with van der Waals surface area (Å²) in [5, 5.41) is 0. The average molecular weight is 371 g/mol. The molecule has 1 fully saturated rings. The van der Waals surface area contributed by atoms with Gasteiger partial charge in [0, 0.05) is 25.7 Å². The van der Waals surface area contributed by atoms with Crippen molar-refractivity contribution in [2.75, 3.05) is 20.2 Å². The number of methoxy groups -OCH3 is 1. The molecule has 146 valence electrons. The van der Waals surface area contributed by atoms with Crippen LogP contribution < -0.4 is 4.74 Å². The zero-order chi connectivity index (χ0) is 19.2. The minimum Gasteiger partial charge on any atom is -0.497 e. The first-order chi connectivity index (χ1) is 13.1. The molecule has 27 heavy (non-hydrogen) atoms. The molecule has 0 unspecified atom stereocenters. The maximum atomic E-state index is 12.6. The minimum absolute atomic E-state index is 0.0176. The van der Waals surface area contributed by atoms with E-state index in [-0.39, 0.29) is 5.91 Å². The number of amides is 1. The van der Waals surface area contributed by atoms with Crippen molar-refractivity contribution in [3.05, 3.63) is 47.7 Å². The number of rotatable bonds is 7. The van der Waals surface area contributed by atoms with E-state index in [4.69, 9.17) is 9.15 Å². The normalized spacial score (nSPS) is 14.8. The molecule has 2 aromatic rings. The van der Waals surface area contributed by atoms with Gasteiger partial charge in [-0.1, -0.05) is 12.1 Å². The molecule has 0 atom stereocenters. The van der Waals surface area contributed by atoms with Crippen LogP contribution in [0.1, 0.15) is 55.1 Å². The number of carbonyl (C=O) groups excluding carboxylic acids is 1. The van der Waals surface area contributed by atoms with Crippen molar-refractivity contribution < 1.29 is 13.9 Å². The van der Waals surface area contributed by atoms with Crippen LogP contribution in [-0.2, 0) is 13.1 Å². The first-order valence-electron chi connectivity index (χ1n) is 9.67. The van der Waals surface area contributed by atoms with Gasteiger partial charge in [-0.05, 0) is 50.8 Å². The number of carbonyl (C=O) groups is 1. The van der Waals surface area contributed by atoms with Gasteiger partial charge in [-0.2, -0.15) is 0 Å². The van der Waals surface area contributed by atoms with Crippen LogP contribution in [0.25, 0.3) is 0 Å². The highest BCUT2D eigenvalue weighted by Crippen LogP contribution is 2.18. The molecule has 3 rings (SSSR count). The third kappa shape index (κ3) is 5.10. The van der Waals surface area contributed by atoms with Crippen LogP contribution in [0.15, 0.2) is 34.9 Å². The topological polar surface area (TPSA) is 58.8 Å². The second-order valence-electron chi connectivity index (χ2n) is 7.33. The van der Waals surface area contributed by atoms with Crippen LogP contribution >= 0.6 is 0 Å². The quantitative estimate of drug-likeness (QED) is 0.742. The zero-order valence-electron chi connectivity index (χ0n) is 16.5. The Kier molecular flexibility index (Phi) is 6.50. The summed E-state index contributed by atoms with van der Waals surface area (Å²) in [6, 6.07) is 8.38. The molecule has 0 bridgehead atoms. The van der Waals surface area contributed by atoms with Crippen molar-refractivity contribution in [2.24, 2.45) is 0 Å². The number of hydrogen-bond donors (Lipinski definition) is 0. The fourth-order valence-corrected chi connectivity index (χ4v) is 3.30. The summed E-state index contributed by atoms with van der Waals surface area (Å²) in [6.07, 6.45) is 4.83. The largest absolute Gasteiger partial charge is 0.497 e. The van der Waals surface area contributed by atoms with Crippen LogP contribution in [0.5, 0.6) is 5.75 Å². The molecular formula is C21H29N3O3. The van der Waals surface area contributed by atoms with E-state index in [9.17, 15) is 4.79 Å². The number of aromatic nitrogens is 1. The van der Waals surface area contributed by atoms with Gasteiger partial charge in [0.2, 0.25) is 5.89 Å². The first kappa shape index (κ1) is 19.4. The Morgan fingerprint density at radius 2 is 1.89 bits per heavy atom. The fraction of sp³-hybridized carbons (Fsp3) is 0.524. The Hall–Kier alpha value is -2.34. The van der Waals surface area contributed by atoms with Gasteiger partial charge >= 0.3 is 0 Å². The molecule has 0 N–H and O–H groups in total. The van der Waals surface area contributed by atoms with E-state index in [0.29, 0.717) is 24.2 Å². The molecule has 0 radical (unpaired) electrons. The molecule has 1 aromatic carbocycles. The van der Waals surface area contributed by atoms with Crippen molar-refractivity contribution in [3.8, 4) is 5.75 Å². The Morgan fingerprint density at radius 3 is 2.52 bits per heavy atom. The van der Waals surface area contributed by atoms with Crippen molar-refractivity contribution in [1.82, 2.24) is 14.8 Å². The summed E-state index contributed by atoms with van der Waals surface area (Å²) in [5.41, 5.74) is 1.61. The molecule has 0 aliphatic carbocycles. The highest BCUT2D eigenvalue weighted by molar-refractivity contribution is 5.92. The maximum Gasteiger partial charge on any atom is 0.275 e. The number of hydrogen-bond acceptors (Lipinski definition) is 5. The summed E-state index contributed by atoms with van der Waals surface area (Å²) in [4.78, 5) is 21.2. The van der Waals surface area contributed by atoms with Crippen molar-refractivity contribution in [1.29, 1.82) is 0 Å². The lowest BCUT2D eigenvalue weighted by molar-refractivity contribution is 0.0718. The van der Waals surface area contributed by atoms with Crippen molar-refractivity contribution >= 4 is 5.91 Å². The van der Waals surface area contributed by atoms with Gasteiger partial charge < -0.3 is 14.1 Å². The van der Waals surface area contributed by atoms with Crippen molar-refractivity contribution in [2.45, 2.75) is 52.2 Å². The third-order valence-corrected chi connectivity index (χ3v) is 5.03. The number of benzene rings is 1. The number of piperidine rings is 1. The van der Waals surface area contributed by atoms with Crippen LogP contribution in [0, 0.1) is 0 Å². The highest BCUT2D eigenvalue weighted by Gasteiger charge is 2.22. The Balaban J connectivity index is 1.64. The molecule has 1 aliphatic heterocycles. The zero-order valence-corrected chi connectivity index (χ0v) is 16.5. The summed E-state index contributed by atoms with van der Waals surface area (Å²) in [5.74, 6) is 1.41. The maximum absolute atomic E-state index is 12.6. The molecule has 2 heterocycles. The number of oxazole rings is 1. The molecule has 6 nitrogen and oxygen atoms in total. The first-order valence-corrected chi connectivity index (χ1v) is 9.67. The molecule has 6 heteroatoms. The number of likely N-dealkylation sites (tertiary alicyclic amines) is 1. The van der Waals surface area contributed by atoms with Crippen LogP contribution in [0.4, 0.5) is 0 Å². The van der Waals surface area contributed by atoms with Gasteiger partial charge in [0.05, 0.1) is 13.7 Å². The molecule has 0 spiro atoms. The summed E-state index contributed by atoms with van der Waals surface area (Å²) in [6.45, 7) is 7.27. The Labute approximate surface area is 161 Å². The van der Waals surface area contributed by atoms with E-state index in [1.807, 2.05) is 17.0 Å². The van der Waals surface area contributed by atoms with Gasteiger partial charge in [-0.3, -0.25) is 9.69 Å². The summed E-state index contributed by atoms with van der Waals surface area (Å²) >= 11 is 0. The number of nitrogens with zero attached hydrogens (tertiary/aromatic N) is 3. The summed E-state index contributed by atoms with van der Waals surface area (Å²) in [7, 11) is 1.67. The predicted molar refractivity (Wildman–Crippen MR) is 104 cm³/mol. The van der Waals surface area contributed by atoms with Crippen molar-refractivity contribution in [3.63, 3.8) is 0 Å². The lowest BCUT2D eigenvalue weighted by Gasteiger charge is -2.26. The van der Waals surface area contributed by atoms with Gasteiger partial charge in [0.25, 0.3) is 5.91 Å². The Bertz CT molecular complexity index is 733. The molecular weight excluding hydrogens is 342 g/mol. The second-order valence-corrected chi connectivity index (χ2v) is 7.33. The highest BCUT2D eigenvalue weighted by atomic mass is 16.5. The molecule has 1 saturated heterocycles. The summed E-state index contributed by atoms with van der Waals surface area (Å²) < 4.78 is 10.8. The van der Waals surface area contributed by atoms with E-state index in [1.54, 1.807) is 7.11 Å². The van der Waals surface area contributed by atoms with Gasteiger partial charge in [0.1, 0.15) is 12.0 Å². The smallest absolute Gasteiger partial charge is 0.275 e. The second kappa shape index (κ2) is 9.04. The minimum atomic E-state index is -0.0176. The average Bonchev–Trinajstić information content (AvgIpc) is 3.16. The SMILES string of the molecule is COc1ccc(CN(Cc2nc(C(=O)N3CCCCC3)co2)C(C)C)cc1. The van der Waals surface area contributed by atoms with Crippen LogP contribution in [0.3, 0.4) is 0 Å². The third-order valence-electron chi connectivity index (χ3n) is 5.03. The fourth-order valence-electron chi connectivity index (χ4n) is 3.30. The van der Waals surface area contributed by atoms with E-state index in [1.165, 1.54) is 18.2 Å². The molecule has 0 saturated carbocycles. The van der Waals surface area contributed by atoms with E-state index < -0.39 is 0 Å². The van der Waals surface area contributed by atoms with Crippen LogP contribution in [0.2, 0.25) is 0 Å². The Morgan fingerprint density at radius 1 is 1.19 bits per heavy atom. The molecule has 1 aliphatic rings. The molecule has 1 aromatic heterocycles. The lowest BCUT2D eigenvalue weighted by Crippen LogP contribution is -2.35. The van der Waals surface area contributed by atoms with E-state index in [2.05, 4.69) is 35.9 Å². The monoisotopic (exact) mass is 371 g/mol. The van der Waals surface area contributed by atoms with Crippen LogP contribution in [-0.4, -0.2) is 46.9 Å². The molecule has 1 amide bonds. The predicted octanol–water partition coefficient (Wildman–Crippen LogP) is 3.72.